The molecular weight excluding hydrogens is 540 g/mol. The zero-order chi connectivity index (χ0) is 31.9. The van der Waals surface area contributed by atoms with Crippen LogP contribution in [-0.2, 0) is 19.1 Å². The van der Waals surface area contributed by atoms with Gasteiger partial charge in [-0.25, -0.2) is 0 Å². The van der Waals surface area contributed by atoms with Crippen molar-refractivity contribution in [1.82, 2.24) is 0 Å². The third kappa shape index (κ3) is 13.9. The van der Waals surface area contributed by atoms with Crippen molar-refractivity contribution in [2.45, 2.75) is 179 Å². The SMILES string of the molecule is CCCCCCCCC(=O)O[C@H](CO)[C@@H](O)[C@@](O)(C(=O)CCCCCCCC)[C@@](O)(CO)C(=O)CCCCCCCC. The molecule has 0 saturated carbocycles. The topological polar surface area (TPSA) is 162 Å². The Morgan fingerprint density at radius 1 is 0.595 bits per heavy atom. The Morgan fingerprint density at radius 2 is 0.976 bits per heavy atom. The summed E-state index contributed by atoms with van der Waals surface area (Å²) in [5.74, 6) is -2.75. The molecule has 0 amide bonds. The molecule has 0 aromatic rings. The lowest BCUT2D eigenvalue weighted by Gasteiger charge is -2.44. The van der Waals surface area contributed by atoms with Crippen molar-refractivity contribution in [3.05, 3.63) is 0 Å². The molecule has 0 aromatic carbocycles. The van der Waals surface area contributed by atoms with E-state index in [1.54, 1.807) is 0 Å². The van der Waals surface area contributed by atoms with E-state index in [0.29, 0.717) is 32.1 Å². The highest BCUT2D eigenvalue weighted by molar-refractivity contribution is 6.00. The number of hydrogen-bond acceptors (Lipinski definition) is 9. The molecule has 42 heavy (non-hydrogen) atoms. The monoisotopic (exact) mass is 602 g/mol. The number of unbranched alkanes of at least 4 members (excludes halogenated alkanes) is 15. The summed E-state index contributed by atoms with van der Waals surface area (Å²) in [6, 6.07) is 0. The van der Waals surface area contributed by atoms with Gasteiger partial charge in [0.15, 0.2) is 28.9 Å². The fraction of sp³-hybridized carbons (Fsp3) is 0.909. The summed E-state index contributed by atoms with van der Waals surface area (Å²) < 4.78 is 5.26. The predicted octanol–water partition coefficient (Wildman–Crippen LogP) is 5.10. The highest BCUT2D eigenvalue weighted by Crippen LogP contribution is 2.34. The van der Waals surface area contributed by atoms with Crippen LogP contribution in [0.2, 0.25) is 0 Å². The molecule has 248 valence electrons. The number of carbonyl (C=O) groups excluding carboxylic acids is 3. The fourth-order valence-corrected chi connectivity index (χ4v) is 5.34. The molecule has 4 atom stereocenters. The van der Waals surface area contributed by atoms with Crippen molar-refractivity contribution in [1.29, 1.82) is 0 Å². The molecule has 0 aliphatic carbocycles. The summed E-state index contributed by atoms with van der Waals surface area (Å²) in [7, 11) is 0. The van der Waals surface area contributed by atoms with E-state index in [1.807, 2.05) is 0 Å². The number of aliphatic hydroxyl groups excluding tert-OH is 3. The Bertz CT molecular complexity index is 728. The van der Waals surface area contributed by atoms with Gasteiger partial charge in [0.2, 0.25) is 0 Å². The van der Waals surface area contributed by atoms with Gasteiger partial charge < -0.3 is 30.3 Å². The van der Waals surface area contributed by atoms with E-state index in [4.69, 9.17) is 4.74 Å². The van der Waals surface area contributed by atoms with Gasteiger partial charge in [-0.3, -0.25) is 14.4 Å². The van der Waals surface area contributed by atoms with Crippen LogP contribution in [0.1, 0.15) is 156 Å². The van der Waals surface area contributed by atoms with Gasteiger partial charge in [0.1, 0.15) is 6.10 Å². The first kappa shape index (κ1) is 40.6. The second kappa shape index (κ2) is 24.0. The molecule has 0 unspecified atom stereocenters. The van der Waals surface area contributed by atoms with Crippen LogP contribution < -0.4 is 0 Å². The molecule has 0 radical (unpaired) electrons. The summed E-state index contributed by atoms with van der Waals surface area (Å²) in [4.78, 5) is 39.3. The molecule has 0 saturated heterocycles. The second-order valence-corrected chi connectivity index (χ2v) is 11.8. The lowest BCUT2D eigenvalue weighted by molar-refractivity contribution is -0.231. The maximum atomic E-state index is 13.5. The van der Waals surface area contributed by atoms with Crippen LogP contribution in [0.15, 0.2) is 0 Å². The molecule has 0 rings (SSSR count). The summed E-state index contributed by atoms with van der Waals surface area (Å²) in [6.45, 7) is 4.01. The van der Waals surface area contributed by atoms with Crippen molar-refractivity contribution >= 4 is 17.5 Å². The van der Waals surface area contributed by atoms with E-state index in [2.05, 4.69) is 20.8 Å². The van der Waals surface area contributed by atoms with E-state index in [0.717, 1.165) is 83.5 Å². The number of esters is 1. The second-order valence-electron chi connectivity index (χ2n) is 11.8. The van der Waals surface area contributed by atoms with Crippen molar-refractivity contribution in [2.24, 2.45) is 0 Å². The summed E-state index contributed by atoms with van der Waals surface area (Å²) in [5.41, 5.74) is -6.22. The van der Waals surface area contributed by atoms with Crippen LogP contribution in [-0.4, -0.2) is 79.7 Å². The lowest BCUT2D eigenvalue weighted by Crippen LogP contribution is -2.73. The Balaban J connectivity index is 5.75. The molecule has 0 aliphatic heterocycles. The number of rotatable bonds is 29. The average molecular weight is 603 g/mol. The standard InChI is InChI=1S/C33H62O9/c1-4-7-10-13-16-19-22-28(36)32(40,26-35)33(41,29(37)23-20-17-14-11-8-5-2)31(39)27(25-34)42-30(38)24-21-18-15-12-9-6-3/h27,31,34-35,39-41H,4-26H2,1-3H3/t27-,31-,32-,33+/m1/s1. The molecule has 0 aliphatic rings. The van der Waals surface area contributed by atoms with Crippen molar-refractivity contribution in [2.75, 3.05) is 13.2 Å². The van der Waals surface area contributed by atoms with Gasteiger partial charge in [-0.2, -0.15) is 0 Å². The first-order valence-electron chi connectivity index (χ1n) is 16.7. The number of carbonyl (C=O) groups is 3. The van der Waals surface area contributed by atoms with E-state index < -0.39 is 54.2 Å². The minimum absolute atomic E-state index is 0.0146. The van der Waals surface area contributed by atoms with Crippen molar-refractivity contribution in [3.63, 3.8) is 0 Å². The van der Waals surface area contributed by atoms with E-state index in [9.17, 15) is 39.9 Å². The van der Waals surface area contributed by atoms with Gasteiger partial charge in [0, 0.05) is 19.3 Å². The number of aliphatic hydroxyl groups is 5. The number of hydrogen-bond donors (Lipinski definition) is 5. The van der Waals surface area contributed by atoms with Crippen LogP contribution in [0, 0.1) is 0 Å². The maximum Gasteiger partial charge on any atom is 0.306 e. The highest BCUT2D eigenvalue weighted by atomic mass is 16.6. The quantitative estimate of drug-likeness (QED) is 0.0579. The van der Waals surface area contributed by atoms with E-state index >= 15 is 0 Å². The van der Waals surface area contributed by atoms with Crippen LogP contribution in [0.3, 0.4) is 0 Å². The number of Topliss-reactive ketones (excluding diaryl/α,β-unsaturated/α-hetero) is 2. The van der Waals surface area contributed by atoms with Gasteiger partial charge in [0.25, 0.3) is 0 Å². The van der Waals surface area contributed by atoms with Gasteiger partial charge in [0.05, 0.1) is 13.2 Å². The summed E-state index contributed by atoms with van der Waals surface area (Å²) >= 11 is 0. The lowest BCUT2D eigenvalue weighted by atomic mass is 9.70. The van der Waals surface area contributed by atoms with Crippen molar-refractivity contribution in [3.8, 4) is 0 Å². The van der Waals surface area contributed by atoms with E-state index in [-0.39, 0.29) is 19.3 Å². The molecule has 0 spiro atoms. The van der Waals surface area contributed by atoms with Crippen LogP contribution >= 0.6 is 0 Å². The Morgan fingerprint density at radius 3 is 1.38 bits per heavy atom. The summed E-state index contributed by atoms with van der Waals surface area (Å²) in [5, 5.41) is 54.6. The van der Waals surface area contributed by atoms with Gasteiger partial charge >= 0.3 is 5.97 Å². The molecule has 0 fully saturated rings. The molecular formula is C33H62O9. The molecule has 0 aromatic heterocycles. The first-order chi connectivity index (χ1) is 20.1. The van der Waals surface area contributed by atoms with Crippen LogP contribution in [0.25, 0.3) is 0 Å². The maximum absolute atomic E-state index is 13.5. The highest BCUT2D eigenvalue weighted by Gasteiger charge is 2.64. The third-order valence-electron chi connectivity index (χ3n) is 8.24. The summed E-state index contributed by atoms with van der Waals surface area (Å²) in [6.07, 6.45) is 11.0. The predicted molar refractivity (Wildman–Crippen MR) is 164 cm³/mol. The number of ketones is 2. The average Bonchev–Trinajstić information content (AvgIpc) is 2.99. The van der Waals surface area contributed by atoms with Gasteiger partial charge in [-0.15, -0.1) is 0 Å². The van der Waals surface area contributed by atoms with Gasteiger partial charge in [-0.1, -0.05) is 117 Å². The first-order valence-corrected chi connectivity index (χ1v) is 16.7. The molecule has 5 N–H and O–H groups in total. The smallest absolute Gasteiger partial charge is 0.306 e. The Hall–Kier alpha value is -1.39. The van der Waals surface area contributed by atoms with E-state index in [1.165, 1.54) is 0 Å². The zero-order valence-electron chi connectivity index (χ0n) is 26.8. The number of ether oxygens (including phenoxy) is 1. The minimum Gasteiger partial charge on any atom is -0.457 e. The fourth-order valence-electron chi connectivity index (χ4n) is 5.34. The Kier molecular flexibility index (Phi) is 23.2. The molecule has 9 nitrogen and oxygen atoms in total. The van der Waals surface area contributed by atoms with Crippen molar-refractivity contribution < 1.29 is 44.7 Å². The molecule has 9 heteroatoms. The minimum atomic E-state index is -3.18. The largest absolute Gasteiger partial charge is 0.457 e. The third-order valence-corrected chi connectivity index (χ3v) is 8.24. The van der Waals surface area contributed by atoms with Crippen LogP contribution in [0.4, 0.5) is 0 Å². The molecule has 0 bridgehead atoms. The zero-order valence-corrected chi connectivity index (χ0v) is 26.8. The molecule has 0 heterocycles. The Labute approximate surface area is 254 Å². The van der Waals surface area contributed by atoms with Crippen LogP contribution in [0.5, 0.6) is 0 Å². The van der Waals surface area contributed by atoms with Gasteiger partial charge in [-0.05, 0) is 19.3 Å². The normalized spacial score (nSPS) is 15.9.